The summed E-state index contributed by atoms with van der Waals surface area (Å²) in [6.07, 6.45) is 0. The van der Waals surface area contributed by atoms with E-state index in [4.69, 9.17) is 5.26 Å². The first-order chi connectivity index (χ1) is 9.69. The Morgan fingerprint density at radius 2 is 1.90 bits per heavy atom. The van der Waals surface area contributed by atoms with E-state index in [0.717, 1.165) is 16.7 Å². The van der Waals surface area contributed by atoms with Gasteiger partial charge in [0.2, 0.25) is 5.91 Å². The molecule has 0 aromatic heterocycles. The second-order valence-corrected chi connectivity index (χ2v) is 4.68. The molecule has 3 rings (SSSR count). The number of nitrogens with one attached hydrogen (secondary N) is 1. The Morgan fingerprint density at radius 3 is 2.45 bits per heavy atom. The summed E-state index contributed by atoms with van der Waals surface area (Å²) in [5, 5.41) is 20.9. The number of amides is 1. The monoisotopic (exact) mass is 271 g/mol. The average Bonchev–Trinajstić information content (AvgIpc) is 2.47. The van der Waals surface area contributed by atoms with Crippen LogP contribution in [-0.2, 0) is 4.79 Å². The molecular weight excluding hydrogens is 258 g/mol. The topological polar surface area (TPSA) is 78.8 Å². The van der Waals surface area contributed by atoms with Gasteiger partial charge >= 0.3 is 0 Å². The highest BCUT2D eigenvalue weighted by atomic mass is 17.1. The van der Waals surface area contributed by atoms with Gasteiger partial charge in [0.25, 0.3) is 0 Å². The SMILES string of the molecule is O=C1NC[C@@H]1c1ccc(OO)cc1-c1ccc(O)cc1. The lowest BCUT2D eigenvalue weighted by molar-refractivity contribution is -0.137. The van der Waals surface area contributed by atoms with Crippen molar-refractivity contribution in [2.45, 2.75) is 5.92 Å². The van der Waals surface area contributed by atoms with Crippen LogP contribution in [0.25, 0.3) is 11.1 Å². The predicted octanol–water partition coefficient (Wildman–Crippen LogP) is 2.12. The average molecular weight is 271 g/mol. The third-order valence-electron chi connectivity index (χ3n) is 3.48. The Balaban J connectivity index is 2.10. The summed E-state index contributed by atoms with van der Waals surface area (Å²) in [5.41, 5.74) is 2.52. The van der Waals surface area contributed by atoms with Crippen molar-refractivity contribution in [2.75, 3.05) is 6.54 Å². The molecule has 5 heteroatoms. The molecule has 0 bridgehead atoms. The number of aromatic hydroxyl groups is 1. The smallest absolute Gasteiger partial charge is 0.229 e. The maximum atomic E-state index is 11.6. The molecule has 0 spiro atoms. The van der Waals surface area contributed by atoms with Gasteiger partial charge in [-0.1, -0.05) is 18.2 Å². The van der Waals surface area contributed by atoms with E-state index in [1.165, 1.54) is 0 Å². The summed E-state index contributed by atoms with van der Waals surface area (Å²) < 4.78 is 0. The number of hydrogen-bond acceptors (Lipinski definition) is 4. The van der Waals surface area contributed by atoms with E-state index in [-0.39, 0.29) is 17.6 Å². The zero-order chi connectivity index (χ0) is 14.1. The van der Waals surface area contributed by atoms with E-state index < -0.39 is 0 Å². The van der Waals surface area contributed by atoms with Gasteiger partial charge in [0.1, 0.15) is 5.75 Å². The molecule has 1 heterocycles. The van der Waals surface area contributed by atoms with Crippen molar-refractivity contribution in [1.29, 1.82) is 0 Å². The molecule has 20 heavy (non-hydrogen) atoms. The minimum atomic E-state index is -0.188. The Labute approximate surface area is 115 Å². The summed E-state index contributed by atoms with van der Waals surface area (Å²) in [6, 6.07) is 11.7. The van der Waals surface area contributed by atoms with Crippen LogP contribution in [0.2, 0.25) is 0 Å². The van der Waals surface area contributed by atoms with Crippen LogP contribution in [0.15, 0.2) is 42.5 Å². The summed E-state index contributed by atoms with van der Waals surface area (Å²) in [6.45, 7) is 0.600. The lowest BCUT2D eigenvalue weighted by Crippen LogP contribution is -2.46. The zero-order valence-corrected chi connectivity index (χ0v) is 10.5. The minimum Gasteiger partial charge on any atom is -0.508 e. The Kier molecular flexibility index (Phi) is 3.04. The van der Waals surface area contributed by atoms with Gasteiger partial charge in [0, 0.05) is 6.54 Å². The first-order valence-corrected chi connectivity index (χ1v) is 6.21. The summed E-state index contributed by atoms with van der Waals surface area (Å²) in [4.78, 5) is 15.9. The lowest BCUT2D eigenvalue weighted by atomic mass is 9.86. The van der Waals surface area contributed by atoms with Gasteiger partial charge in [0.15, 0.2) is 5.75 Å². The third kappa shape index (κ3) is 2.08. The number of β-lactam (4-membered cyclic amide) rings is 1. The largest absolute Gasteiger partial charge is 0.508 e. The van der Waals surface area contributed by atoms with Crippen LogP contribution in [0.4, 0.5) is 0 Å². The van der Waals surface area contributed by atoms with Crippen LogP contribution >= 0.6 is 0 Å². The fraction of sp³-hybridized carbons (Fsp3) is 0.133. The standard InChI is InChI=1S/C15H13NO4/c17-10-3-1-9(2-4-10)13-7-11(20-19)5-6-12(13)14-8-16-15(14)18/h1-7,14,17,19H,8H2,(H,16,18)/t14-/m1/s1. The van der Waals surface area contributed by atoms with Crippen LogP contribution in [0.3, 0.4) is 0 Å². The highest BCUT2D eigenvalue weighted by Gasteiger charge is 2.31. The van der Waals surface area contributed by atoms with Crippen molar-refractivity contribution >= 4 is 5.91 Å². The molecule has 1 aliphatic heterocycles. The maximum absolute atomic E-state index is 11.6. The summed E-state index contributed by atoms with van der Waals surface area (Å²) in [7, 11) is 0. The highest BCUT2D eigenvalue weighted by molar-refractivity contribution is 5.92. The molecule has 3 N–H and O–H groups in total. The van der Waals surface area contributed by atoms with Crippen LogP contribution in [0, 0.1) is 0 Å². The van der Waals surface area contributed by atoms with Crippen LogP contribution in [-0.4, -0.2) is 22.8 Å². The second-order valence-electron chi connectivity index (χ2n) is 4.68. The fourth-order valence-corrected chi connectivity index (χ4v) is 2.33. The maximum Gasteiger partial charge on any atom is 0.229 e. The van der Waals surface area contributed by atoms with Gasteiger partial charge < -0.3 is 15.3 Å². The number of rotatable bonds is 3. The molecule has 0 radical (unpaired) electrons. The molecule has 1 saturated heterocycles. The number of hydrogen-bond donors (Lipinski definition) is 3. The molecular formula is C15H13NO4. The van der Waals surface area contributed by atoms with Crippen molar-refractivity contribution in [1.82, 2.24) is 5.32 Å². The molecule has 5 nitrogen and oxygen atoms in total. The van der Waals surface area contributed by atoms with Crippen molar-refractivity contribution < 1.29 is 20.0 Å². The van der Waals surface area contributed by atoms with Crippen molar-refractivity contribution in [3.63, 3.8) is 0 Å². The van der Waals surface area contributed by atoms with E-state index >= 15 is 0 Å². The number of carbonyl (C=O) groups is 1. The number of phenolic OH excluding ortho intramolecular Hbond substituents is 1. The van der Waals surface area contributed by atoms with E-state index in [9.17, 15) is 9.90 Å². The molecule has 0 aliphatic carbocycles. The molecule has 102 valence electrons. The van der Waals surface area contributed by atoms with E-state index in [0.29, 0.717) is 12.3 Å². The fourth-order valence-electron chi connectivity index (χ4n) is 2.33. The summed E-state index contributed by atoms with van der Waals surface area (Å²) >= 11 is 0. The van der Waals surface area contributed by atoms with Gasteiger partial charge in [-0.05, 0) is 41.0 Å². The van der Waals surface area contributed by atoms with Crippen molar-refractivity contribution in [3.05, 3.63) is 48.0 Å². The molecule has 1 aliphatic rings. The van der Waals surface area contributed by atoms with Crippen molar-refractivity contribution in [3.8, 4) is 22.6 Å². The normalized spacial score (nSPS) is 17.2. The van der Waals surface area contributed by atoms with Gasteiger partial charge in [0.05, 0.1) is 5.92 Å². The molecule has 2 aromatic carbocycles. The van der Waals surface area contributed by atoms with Gasteiger partial charge in [-0.2, -0.15) is 0 Å². The second kappa shape index (κ2) is 4.86. The number of phenols is 1. The summed E-state index contributed by atoms with van der Waals surface area (Å²) in [5.74, 6) is 0.275. The Morgan fingerprint density at radius 1 is 1.15 bits per heavy atom. The predicted molar refractivity (Wildman–Crippen MR) is 72.6 cm³/mol. The zero-order valence-electron chi connectivity index (χ0n) is 10.5. The van der Waals surface area contributed by atoms with Gasteiger partial charge in [-0.3, -0.25) is 4.79 Å². The quantitative estimate of drug-likeness (QED) is 0.454. The van der Waals surface area contributed by atoms with E-state index in [2.05, 4.69) is 10.2 Å². The first kappa shape index (κ1) is 12.5. The lowest BCUT2D eigenvalue weighted by Gasteiger charge is -2.28. The first-order valence-electron chi connectivity index (χ1n) is 6.21. The molecule has 1 atom stereocenters. The number of benzene rings is 2. The minimum absolute atomic E-state index is 0.0114. The molecule has 1 amide bonds. The van der Waals surface area contributed by atoms with Gasteiger partial charge in [-0.25, -0.2) is 5.26 Å². The van der Waals surface area contributed by atoms with E-state index in [1.807, 2.05) is 0 Å². The van der Waals surface area contributed by atoms with Crippen LogP contribution in [0.1, 0.15) is 11.5 Å². The molecule has 1 fully saturated rings. The third-order valence-corrected chi connectivity index (χ3v) is 3.48. The molecule has 0 unspecified atom stereocenters. The Bertz CT molecular complexity index is 651. The van der Waals surface area contributed by atoms with Crippen molar-refractivity contribution in [2.24, 2.45) is 0 Å². The number of carbonyl (C=O) groups excluding carboxylic acids is 1. The van der Waals surface area contributed by atoms with Gasteiger partial charge in [-0.15, -0.1) is 0 Å². The molecule has 0 saturated carbocycles. The highest BCUT2D eigenvalue weighted by Crippen LogP contribution is 2.35. The Hall–Kier alpha value is -2.53. The van der Waals surface area contributed by atoms with Crippen LogP contribution < -0.4 is 10.2 Å². The van der Waals surface area contributed by atoms with E-state index in [1.54, 1.807) is 42.5 Å². The molecule has 2 aromatic rings. The van der Waals surface area contributed by atoms with Crippen LogP contribution in [0.5, 0.6) is 11.5 Å².